The first-order valence-electron chi connectivity index (χ1n) is 11.4. The fourth-order valence-corrected chi connectivity index (χ4v) is 6.90. The molecule has 3 nitrogen and oxygen atoms in total. The maximum Gasteiger partial charge on any atom is 0.0724 e. The minimum Gasteiger partial charge on any atom is -0.378 e. The molecular weight excluding hydrogens is 336 g/mol. The molecule has 6 atom stereocenters. The largest absolute Gasteiger partial charge is 0.378 e. The fourth-order valence-electron chi connectivity index (χ4n) is 6.90. The van der Waals surface area contributed by atoms with Crippen LogP contribution in [0.25, 0.3) is 0 Å². The van der Waals surface area contributed by atoms with Crippen LogP contribution in [0.4, 0.5) is 0 Å². The Morgan fingerprint density at radius 1 is 0.741 bits per heavy atom. The first-order valence-corrected chi connectivity index (χ1v) is 11.4. The Labute approximate surface area is 167 Å². The Morgan fingerprint density at radius 3 is 1.78 bits per heavy atom. The van der Waals surface area contributed by atoms with E-state index in [9.17, 15) is 0 Å². The van der Waals surface area contributed by atoms with Gasteiger partial charge in [-0.3, -0.25) is 0 Å². The van der Waals surface area contributed by atoms with Crippen molar-refractivity contribution in [2.45, 2.75) is 115 Å². The first-order chi connectivity index (χ1) is 12.7. The van der Waals surface area contributed by atoms with Gasteiger partial charge in [-0.1, -0.05) is 51.9 Å². The molecule has 6 unspecified atom stereocenters. The van der Waals surface area contributed by atoms with E-state index in [1.54, 1.807) is 0 Å². The van der Waals surface area contributed by atoms with Gasteiger partial charge in [-0.15, -0.1) is 0 Å². The summed E-state index contributed by atoms with van der Waals surface area (Å²) < 4.78 is 18.2. The molecule has 0 amide bonds. The number of hydrogen-bond donors (Lipinski definition) is 0. The van der Waals surface area contributed by atoms with Gasteiger partial charge in [0.1, 0.15) is 0 Å². The molecule has 0 bridgehead atoms. The van der Waals surface area contributed by atoms with Crippen LogP contribution < -0.4 is 0 Å². The summed E-state index contributed by atoms with van der Waals surface area (Å²) in [6, 6.07) is 0. The van der Waals surface area contributed by atoms with Gasteiger partial charge in [-0.25, -0.2) is 0 Å². The van der Waals surface area contributed by atoms with Crippen molar-refractivity contribution < 1.29 is 14.2 Å². The lowest BCUT2D eigenvalue weighted by molar-refractivity contribution is -0.0466. The van der Waals surface area contributed by atoms with Crippen molar-refractivity contribution in [3.05, 3.63) is 0 Å². The molecule has 0 aliphatic heterocycles. The van der Waals surface area contributed by atoms with E-state index in [2.05, 4.69) is 27.7 Å². The van der Waals surface area contributed by atoms with Crippen molar-refractivity contribution in [2.75, 3.05) is 21.3 Å². The summed E-state index contributed by atoms with van der Waals surface area (Å²) in [5.41, 5.74) is 0.477. The third kappa shape index (κ3) is 3.11. The van der Waals surface area contributed by atoms with Gasteiger partial charge >= 0.3 is 0 Å². The van der Waals surface area contributed by atoms with Crippen molar-refractivity contribution in [1.82, 2.24) is 0 Å². The van der Waals surface area contributed by atoms with E-state index in [1.165, 1.54) is 64.2 Å². The van der Waals surface area contributed by atoms with Gasteiger partial charge in [0.15, 0.2) is 0 Å². The third-order valence-electron chi connectivity index (χ3n) is 9.17. The Kier molecular flexibility index (Phi) is 5.83. The van der Waals surface area contributed by atoms with Crippen molar-refractivity contribution in [3.8, 4) is 0 Å². The number of unbranched alkanes of at least 4 members (excludes halogenated alkanes) is 6. The van der Waals surface area contributed by atoms with Gasteiger partial charge in [0.05, 0.1) is 16.8 Å². The van der Waals surface area contributed by atoms with Crippen LogP contribution in [0.1, 0.15) is 98.3 Å². The van der Waals surface area contributed by atoms with Crippen LogP contribution in [0.15, 0.2) is 0 Å². The predicted molar refractivity (Wildman–Crippen MR) is 111 cm³/mol. The van der Waals surface area contributed by atoms with Crippen LogP contribution in [0.5, 0.6) is 0 Å². The Bertz CT molecular complexity index is 536. The van der Waals surface area contributed by atoms with Crippen molar-refractivity contribution in [2.24, 2.45) is 16.7 Å². The zero-order valence-electron chi connectivity index (χ0n) is 19.1. The van der Waals surface area contributed by atoms with Crippen LogP contribution in [-0.2, 0) is 14.2 Å². The highest BCUT2D eigenvalue weighted by Crippen LogP contribution is 2.88. The highest BCUT2D eigenvalue weighted by atomic mass is 16.5. The minimum atomic E-state index is -0.0224. The number of methoxy groups -OCH3 is 3. The fraction of sp³-hybridized carbons (Fsp3) is 1.00. The van der Waals surface area contributed by atoms with E-state index >= 15 is 0 Å². The molecule has 0 spiro atoms. The van der Waals surface area contributed by atoms with E-state index in [0.717, 1.165) is 6.42 Å². The molecule has 3 saturated carbocycles. The Hall–Kier alpha value is -0.120. The molecule has 0 aromatic heterocycles. The Balaban J connectivity index is 1.71. The van der Waals surface area contributed by atoms with E-state index in [1.807, 2.05) is 21.3 Å². The van der Waals surface area contributed by atoms with Crippen molar-refractivity contribution >= 4 is 0 Å². The average molecular weight is 381 g/mol. The van der Waals surface area contributed by atoms with Gasteiger partial charge in [0.25, 0.3) is 0 Å². The molecule has 3 aliphatic carbocycles. The molecule has 0 saturated heterocycles. The smallest absolute Gasteiger partial charge is 0.0724 e. The van der Waals surface area contributed by atoms with Crippen molar-refractivity contribution in [3.63, 3.8) is 0 Å². The second kappa shape index (κ2) is 7.29. The SMILES string of the molecule is CCCCCCCCCC1(C2(C3CC3(C)OC)CC2(C)OC)CC1(C)OC. The summed E-state index contributed by atoms with van der Waals surface area (Å²) in [6.07, 6.45) is 14.4. The zero-order valence-corrected chi connectivity index (χ0v) is 19.1. The molecule has 0 aromatic carbocycles. The highest BCUT2D eigenvalue weighted by molar-refractivity contribution is 5.39. The molecular formula is C24H44O3. The molecule has 0 aromatic rings. The lowest BCUT2D eigenvalue weighted by Gasteiger charge is -2.36. The molecule has 0 radical (unpaired) electrons. The summed E-state index contributed by atoms with van der Waals surface area (Å²) in [5.74, 6) is 0.599. The summed E-state index contributed by atoms with van der Waals surface area (Å²) in [4.78, 5) is 0. The van der Waals surface area contributed by atoms with Gasteiger partial charge in [-0.2, -0.15) is 0 Å². The van der Waals surface area contributed by atoms with E-state index in [4.69, 9.17) is 14.2 Å². The summed E-state index contributed by atoms with van der Waals surface area (Å²) >= 11 is 0. The zero-order chi connectivity index (χ0) is 20.0. The summed E-state index contributed by atoms with van der Waals surface area (Å²) in [6.45, 7) is 9.26. The highest BCUT2D eigenvalue weighted by Gasteiger charge is 2.90. The molecule has 3 aliphatic rings. The van der Waals surface area contributed by atoms with Gasteiger partial charge in [0, 0.05) is 32.2 Å². The molecule has 0 N–H and O–H groups in total. The van der Waals surface area contributed by atoms with Crippen LogP contribution in [0.3, 0.4) is 0 Å². The van der Waals surface area contributed by atoms with Crippen LogP contribution in [0, 0.1) is 16.7 Å². The first kappa shape index (κ1) is 21.6. The summed E-state index contributed by atoms with van der Waals surface area (Å²) in [7, 11) is 5.70. The number of rotatable bonds is 13. The number of hydrogen-bond acceptors (Lipinski definition) is 3. The lowest BCUT2D eigenvalue weighted by Crippen LogP contribution is -2.39. The van der Waals surface area contributed by atoms with Gasteiger partial charge in [0.2, 0.25) is 0 Å². The topological polar surface area (TPSA) is 27.7 Å². The predicted octanol–water partition coefficient (Wildman–Crippen LogP) is 6.14. The lowest BCUT2D eigenvalue weighted by atomic mass is 9.72. The average Bonchev–Trinajstić information content (AvgIpc) is 3.59. The molecule has 158 valence electrons. The maximum absolute atomic E-state index is 6.13. The maximum atomic E-state index is 6.13. The van der Waals surface area contributed by atoms with Gasteiger partial charge in [-0.05, 0) is 52.4 Å². The number of ether oxygens (including phenoxy) is 3. The molecule has 27 heavy (non-hydrogen) atoms. The normalized spacial score (nSPS) is 47.9. The van der Waals surface area contributed by atoms with Gasteiger partial charge < -0.3 is 14.2 Å². The standard InChI is InChI=1S/C24H44O3/c1-8-9-10-11-12-13-14-15-23(17-21(23,3)26-6)24(18-22(24,4)27-7)19-16-20(19,2)25-5/h19H,8-18H2,1-7H3. The minimum absolute atomic E-state index is 0.00272. The second-order valence-corrected chi connectivity index (χ2v) is 10.4. The second-order valence-electron chi connectivity index (χ2n) is 10.4. The summed E-state index contributed by atoms with van der Waals surface area (Å²) in [5, 5.41) is 0. The van der Waals surface area contributed by atoms with Crippen molar-refractivity contribution in [1.29, 1.82) is 0 Å². The van der Waals surface area contributed by atoms with E-state index < -0.39 is 0 Å². The third-order valence-corrected chi connectivity index (χ3v) is 9.17. The quantitative estimate of drug-likeness (QED) is 0.359. The molecule has 3 fully saturated rings. The molecule has 0 heterocycles. The van der Waals surface area contributed by atoms with E-state index in [-0.39, 0.29) is 27.6 Å². The van der Waals surface area contributed by atoms with Crippen LogP contribution in [0.2, 0.25) is 0 Å². The monoisotopic (exact) mass is 380 g/mol. The molecule has 3 heteroatoms. The molecule has 3 rings (SSSR count). The van der Waals surface area contributed by atoms with Crippen LogP contribution in [-0.4, -0.2) is 38.1 Å². The van der Waals surface area contributed by atoms with E-state index in [0.29, 0.717) is 5.92 Å². The Morgan fingerprint density at radius 2 is 1.33 bits per heavy atom. The van der Waals surface area contributed by atoms with Crippen LogP contribution >= 0.6 is 0 Å².